The number of anilines is 2. The summed E-state index contributed by atoms with van der Waals surface area (Å²) in [5.41, 5.74) is 3.23. The van der Waals surface area contributed by atoms with Crippen LogP contribution in [-0.4, -0.2) is 61.8 Å². The van der Waals surface area contributed by atoms with Crippen LogP contribution in [0.3, 0.4) is 0 Å². The van der Waals surface area contributed by atoms with E-state index < -0.39 is 0 Å². The number of fused-ring (bicyclic) bond motifs is 1. The van der Waals surface area contributed by atoms with Gasteiger partial charge in [0.1, 0.15) is 12.0 Å². The lowest BCUT2D eigenvalue weighted by Crippen LogP contribution is -2.49. The standard InChI is InChI=1S/C21H24N8O2/c1-12-7-16(19-25-11-26-28-19)22-8-15(12)17-9-23-20-21(27-17)29(18(30)10-24-20)13-3-5-14(31-2)6-4-13/h7-9,11,13-14H,3-6,10H2,1-2H3,(H,23,24)(H,25,26,28). The van der Waals surface area contributed by atoms with Crippen LogP contribution in [-0.2, 0) is 9.53 Å². The van der Waals surface area contributed by atoms with Gasteiger partial charge in [-0.15, -0.1) is 0 Å². The summed E-state index contributed by atoms with van der Waals surface area (Å²) in [5, 5.41) is 9.80. The zero-order valence-corrected chi connectivity index (χ0v) is 17.5. The van der Waals surface area contributed by atoms with Gasteiger partial charge in [0, 0.05) is 24.9 Å². The molecule has 0 spiro atoms. The van der Waals surface area contributed by atoms with Crippen molar-refractivity contribution in [2.45, 2.75) is 44.8 Å². The molecule has 10 nitrogen and oxygen atoms in total. The van der Waals surface area contributed by atoms with Crippen LogP contribution in [0.2, 0.25) is 0 Å². The number of carbonyl (C=O) groups excluding carboxylic acids is 1. The van der Waals surface area contributed by atoms with Crippen LogP contribution in [0.1, 0.15) is 31.2 Å². The first kappa shape index (κ1) is 19.6. The predicted octanol–water partition coefficient (Wildman–Crippen LogP) is 2.35. The van der Waals surface area contributed by atoms with Crippen LogP contribution < -0.4 is 10.2 Å². The number of rotatable bonds is 4. The number of carbonyl (C=O) groups is 1. The van der Waals surface area contributed by atoms with E-state index in [1.165, 1.54) is 6.33 Å². The number of hydrogen-bond acceptors (Lipinski definition) is 8. The number of hydrogen-bond donors (Lipinski definition) is 2. The molecule has 31 heavy (non-hydrogen) atoms. The molecule has 5 rings (SSSR count). The lowest BCUT2D eigenvalue weighted by molar-refractivity contribution is -0.118. The highest BCUT2D eigenvalue weighted by Gasteiger charge is 2.35. The molecule has 1 aliphatic carbocycles. The minimum Gasteiger partial charge on any atom is -0.381 e. The number of aryl methyl sites for hydroxylation is 1. The number of ether oxygens (including phenoxy) is 1. The first-order valence-corrected chi connectivity index (χ1v) is 10.4. The van der Waals surface area contributed by atoms with Crippen LogP contribution in [0.15, 0.2) is 24.8 Å². The molecule has 1 amide bonds. The topological polar surface area (TPSA) is 122 Å². The fourth-order valence-corrected chi connectivity index (χ4v) is 4.36. The summed E-state index contributed by atoms with van der Waals surface area (Å²) in [6, 6.07) is 2.04. The fourth-order valence-electron chi connectivity index (χ4n) is 4.36. The first-order chi connectivity index (χ1) is 15.1. The van der Waals surface area contributed by atoms with E-state index in [2.05, 4.69) is 30.5 Å². The Morgan fingerprint density at radius 1 is 1.10 bits per heavy atom. The third-order valence-corrected chi connectivity index (χ3v) is 6.04. The second-order valence-electron chi connectivity index (χ2n) is 7.93. The molecule has 0 radical (unpaired) electrons. The van der Waals surface area contributed by atoms with Gasteiger partial charge in [-0.25, -0.2) is 15.0 Å². The monoisotopic (exact) mass is 420 g/mol. The van der Waals surface area contributed by atoms with Gasteiger partial charge in [0.2, 0.25) is 5.91 Å². The van der Waals surface area contributed by atoms with Crippen molar-refractivity contribution in [2.75, 3.05) is 23.9 Å². The van der Waals surface area contributed by atoms with E-state index in [0.717, 1.165) is 36.8 Å². The number of aromatic nitrogens is 6. The van der Waals surface area contributed by atoms with Crippen molar-refractivity contribution in [1.82, 2.24) is 30.1 Å². The Morgan fingerprint density at radius 3 is 2.65 bits per heavy atom. The summed E-state index contributed by atoms with van der Waals surface area (Å²) in [6.45, 7) is 2.23. The van der Waals surface area contributed by atoms with E-state index in [4.69, 9.17) is 9.72 Å². The largest absolute Gasteiger partial charge is 0.381 e. The maximum absolute atomic E-state index is 12.8. The average Bonchev–Trinajstić information content (AvgIpc) is 3.34. The van der Waals surface area contributed by atoms with Gasteiger partial charge in [-0.05, 0) is 44.2 Å². The van der Waals surface area contributed by atoms with E-state index in [1.54, 1.807) is 19.5 Å². The van der Waals surface area contributed by atoms with E-state index in [9.17, 15) is 4.79 Å². The number of pyridine rings is 1. The lowest BCUT2D eigenvalue weighted by atomic mass is 9.91. The maximum Gasteiger partial charge on any atom is 0.247 e. The first-order valence-electron chi connectivity index (χ1n) is 10.4. The molecule has 2 aliphatic rings. The number of nitrogens with zero attached hydrogens (tertiary/aromatic N) is 6. The van der Waals surface area contributed by atoms with Gasteiger partial charge < -0.3 is 10.1 Å². The molecular formula is C21H24N8O2. The summed E-state index contributed by atoms with van der Waals surface area (Å²) in [6.07, 6.45) is 8.86. The van der Waals surface area contributed by atoms with E-state index in [1.807, 2.05) is 17.9 Å². The van der Waals surface area contributed by atoms with Crippen LogP contribution in [0.25, 0.3) is 22.8 Å². The zero-order chi connectivity index (χ0) is 21.4. The molecule has 0 aromatic carbocycles. The van der Waals surface area contributed by atoms with Gasteiger partial charge in [-0.3, -0.25) is 19.8 Å². The van der Waals surface area contributed by atoms with Crippen molar-refractivity contribution in [3.63, 3.8) is 0 Å². The molecule has 160 valence electrons. The number of methoxy groups -OCH3 is 1. The normalized spacial score (nSPS) is 21.0. The summed E-state index contributed by atoms with van der Waals surface area (Å²) in [5.74, 6) is 1.86. The third-order valence-electron chi connectivity index (χ3n) is 6.04. The molecule has 0 atom stereocenters. The molecule has 10 heteroatoms. The Morgan fingerprint density at radius 2 is 1.94 bits per heavy atom. The number of nitrogens with one attached hydrogen (secondary N) is 2. The Kier molecular flexibility index (Phi) is 5.06. The Bertz CT molecular complexity index is 1090. The molecule has 0 unspecified atom stereocenters. The third kappa shape index (κ3) is 3.63. The van der Waals surface area contributed by atoms with Gasteiger partial charge in [0.15, 0.2) is 17.5 Å². The van der Waals surface area contributed by atoms with E-state index >= 15 is 0 Å². The molecule has 3 aromatic rings. The van der Waals surface area contributed by atoms with E-state index in [-0.39, 0.29) is 24.6 Å². The molecule has 0 saturated heterocycles. The van der Waals surface area contributed by atoms with Crippen molar-refractivity contribution in [3.8, 4) is 22.8 Å². The summed E-state index contributed by atoms with van der Waals surface area (Å²) < 4.78 is 5.49. The molecule has 4 heterocycles. The minimum atomic E-state index is 0.0235. The van der Waals surface area contributed by atoms with Gasteiger partial charge in [-0.2, -0.15) is 5.10 Å². The van der Waals surface area contributed by atoms with Crippen molar-refractivity contribution in [3.05, 3.63) is 30.4 Å². The Labute approximate surface area is 179 Å². The zero-order valence-electron chi connectivity index (χ0n) is 17.5. The van der Waals surface area contributed by atoms with Crippen molar-refractivity contribution >= 4 is 17.5 Å². The number of aromatic amines is 1. The van der Waals surface area contributed by atoms with Crippen LogP contribution in [0.4, 0.5) is 11.6 Å². The van der Waals surface area contributed by atoms with Gasteiger partial charge in [0.05, 0.1) is 24.5 Å². The summed E-state index contributed by atoms with van der Waals surface area (Å²) in [4.78, 5) is 32.7. The van der Waals surface area contributed by atoms with Crippen molar-refractivity contribution in [1.29, 1.82) is 0 Å². The van der Waals surface area contributed by atoms with Gasteiger partial charge in [-0.1, -0.05) is 0 Å². The minimum absolute atomic E-state index is 0.0235. The SMILES string of the molecule is COC1CCC(N2C(=O)CNc3ncc(-c4cnc(-c5ncn[nH]5)cc4C)nc32)CC1. The summed E-state index contributed by atoms with van der Waals surface area (Å²) in [7, 11) is 1.75. The van der Waals surface area contributed by atoms with Gasteiger partial charge >= 0.3 is 0 Å². The quantitative estimate of drug-likeness (QED) is 0.660. The van der Waals surface area contributed by atoms with Crippen LogP contribution in [0.5, 0.6) is 0 Å². The fraction of sp³-hybridized carbons (Fsp3) is 0.429. The van der Waals surface area contributed by atoms with Crippen molar-refractivity contribution in [2.24, 2.45) is 0 Å². The highest BCUT2D eigenvalue weighted by molar-refractivity contribution is 6.01. The number of amides is 1. The second-order valence-corrected chi connectivity index (χ2v) is 7.93. The second kappa shape index (κ2) is 8.03. The molecule has 0 bridgehead atoms. The maximum atomic E-state index is 12.8. The number of H-pyrrole nitrogens is 1. The molecule has 1 fully saturated rings. The van der Waals surface area contributed by atoms with E-state index in [0.29, 0.717) is 28.8 Å². The average molecular weight is 420 g/mol. The van der Waals surface area contributed by atoms with Crippen LogP contribution >= 0.6 is 0 Å². The van der Waals surface area contributed by atoms with Gasteiger partial charge in [0.25, 0.3) is 0 Å². The van der Waals surface area contributed by atoms with Crippen LogP contribution in [0, 0.1) is 6.92 Å². The highest BCUT2D eigenvalue weighted by Crippen LogP contribution is 2.35. The summed E-state index contributed by atoms with van der Waals surface area (Å²) >= 11 is 0. The Hall–Kier alpha value is -3.40. The smallest absolute Gasteiger partial charge is 0.247 e. The molecule has 2 N–H and O–H groups in total. The van der Waals surface area contributed by atoms with Crippen molar-refractivity contribution < 1.29 is 9.53 Å². The predicted molar refractivity (Wildman–Crippen MR) is 114 cm³/mol. The molecule has 3 aromatic heterocycles. The molecular weight excluding hydrogens is 396 g/mol. The molecule has 1 saturated carbocycles. The molecule has 1 aliphatic heterocycles. The lowest BCUT2D eigenvalue weighted by Gasteiger charge is -2.38. The Balaban J connectivity index is 1.48. The highest BCUT2D eigenvalue weighted by atomic mass is 16.5.